The van der Waals surface area contributed by atoms with Crippen LogP contribution in [0.2, 0.25) is 10.0 Å². The number of pyridine rings is 1. The first kappa shape index (κ1) is 20.4. The summed E-state index contributed by atoms with van der Waals surface area (Å²) in [5, 5.41) is 12.7. The Hall–Kier alpha value is -2.29. The molecule has 1 amide bonds. The molecule has 0 saturated carbocycles. The lowest BCUT2D eigenvalue weighted by atomic mass is 10.3. The van der Waals surface area contributed by atoms with Crippen molar-refractivity contribution >= 4 is 46.7 Å². The molecule has 0 saturated heterocycles. The normalized spacial score (nSPS) is 10.7. The number of carbonyl (C=O) groups excluding carboxylic acids is 1. The number of nitrogens with zero attached hydrogens (tertiary/aromatic N) is 4. The molecule has 1 aromatic carbocycles. The number of carbonyl (C=O) groups is 1. The molecule has 2 aromatic heterocycles. The van der Waals surface area contributed by atoms with Crippen LogP contribution in [0.25, 0.3) is 0 Å². The number of rotatable bonds is 8. The maximum absolute atomic E-state index is 12.1. The van der Waals surface area contributed by atoms with E-state index in [-0.39, 0.29) is 18.3 Å². The first-order valence-corrected chi connectivity index (χ1v) is 10.1. The van der Waals surface area contributed by atoms with Crippen LogP contribution in [0.5, 0.6) is 5.75 Å². The van der Waals surface area contributed by atoms with Crippen LogP contribution in [0.1, 0.15) is 12.7 Å². The lowest BCUT2D eigenvalue weighted by Crippen LogP contribution is -2.15. The number of amides is 1. The Balaban J connectivity index is 1.58. The third kappa shape index (κ3) is 5.37. The van der Waals surface area contributed by atoms with E-state index in [4.69, 9.17) is 27.9 Å². The highest BCUT2D eigenvalue weighted by atomic mass is 35.5. The Bertz CT molecular complexity index is 949. The van der Waals surface area contributed by atoms with Crippen molar-refractivity contribution in [2.45, 2.75) is 25.2 Å². The molecule has 28 heavy (non-hydrogen) atoms. The fourth-order valence-corrected chi connectivity index (χ4v) is 3.44. The van der Waals surface area contributed by atoms with E-state index in [0.717, 1.165) is 0 Å². The largest absolute Gasteiger partial charge is 0.484 e. The minimum Gasteiger partial charge on any atom is -0.484 e. The molecule has 0 atom stereocenters. The molecule has 0 unspecified atom stereocenters. The lowest BCUT2D eigenvalue weighted by Gasteiger charge is -2.09. The average Bonchev–Trinajstić information content (AvgIpc) is 3.09. The molecule has 0 aliphatic heterocycles. The molecule has 0 aliphatic carbocycles. The van der Waals surface area contributed by atoms with E-state index in [2.05, 4.69) is 20.5 Å². The third-order valence-electron chi connectivity index (χ3n) is 3.63. The minimum absolute atomic E-state index is 0.174. The van der Waals surface area contributed by atoms with Gasteiger partial charge in [-0.1, -0.05) is 47.1 Å². The SMILES string of the molecule is CCn1c(COc2ccccc2Cl)nnc1SCC(=O)Nc1ccc(Cl)cn1. The molecule has 0 aliphatic rings. The van der Waals surface area contributed by atoms with Gasteiger partial charge in [0.25, 0.3) is 0 Å². The zero-order chi connectivity index (χ0) is 19.9. The minimum atomic E-state index is -0.195. The third-order valence-corrected chi connectivity index (χ3v) is 5.13. The van der Waals surface area contributed by atoms with Crippen molar-refractivity contribution in [2.24, 2.45) is 0 Å². The van der Waals surface area contributed by atoms with Gasteiger partial charge in [-0.05, 0) is 31.2 Å². The maximum atomic E-state index is 12.1. The van der Waals surface area contributed by atoms with Crippen LogP contribution in [0.15, 0.2) is 47.8 Å². The summed E-state index contributed by atoms with van der Waals surface area (Å²) in [7, 11) is 0. The molecule has 0 radical (unpaired) electrons. The van der Waals surface area contributed by atoms with Crippen LogP contribution in [-0.4, -0.2) is 31.4 Å². The summed E-state index contributed by atoms with van der Waals surface area (Å²) >= 11 is 13.2. The summed E-state index contributed by atoms with van der Waals surface area (Å²) in [5.74, 6) is 1.66. The van der Waals surface area contributed by atoms with Crippen molar-refractivity contribution in [2.75, 3.05) is 11.1 Å². The molecule has 0 bridgehead atoms. The summed E-state index contributed by atoms with van der Waals surface area (Å²) in [6.45, 7) is 2.85. The number of ether oxygens (including phenoxy) is 1. The number of para-hydroxylation sites is 1. The van der Waals surface area contributed by atoms with Crippen LogP contribution in [0.4, 0.5) is 5.82 Å². The fourth-order valence-electron chi connectivity index (χ4n) is 2.31. The second-order valence-corrected chi connectivity index (χ2v) is 7.35. The van der Waals surface area contributed by atoms with Crippen molar-refractivity contribution in [3.63, 3.8) is 0 Å². The molecule has 0 fully saturated rings. The molecule has 3 rings (SSSR count). The standard InChI is InChI=1S/C18H17Cl2N5O2S/c1-2-25-16(10-27-14-6-4-3-5-13(14)20)23-24-18(25)28-11-17(26)22-15-8-7-12(19)9-21-15/h3-9H,2,10-11H2,1H3,(H,21,22,26). The topological polar surface area (TPSA) is 81.9 Å². The van der Waals surface area contributed by atoms with Crippen molar-refractivity contribution in [1.82, 2.24) is 19.7 Å². The molecule has 146 valence electrons. The van der Waals surface area contributed by atoms with Gasteiger partial charge in [-0.2, -0.15) is 0 Å². The van der Waals surface area contributed by atoms with E-state index >= 15 is 0 Å². The summed E-state index contributed by atoms with van der Waals surface area (Å²) in [6.07, 6.45) is 1.48. The molecule has 2 heterocycles. The number of hydrogen-bond donors (Lipinski definition) is 1. The Morgan fingerprint density at radius 2 is 2.04 bits per heavy atom. The number of halogens is 2. The summed E-state index contributed by atoms with van der Waals surface area (Å²) in [6, 6.07) is 10.5. The highest BCUT2D eigenvalue weighted by Gasteiger charge is 2.14. The molecule has 0 spiro atoms. The predicted molar refractivity (Wildman–Crippen MR) is 110 cm³/mol. The van der Waals surface area contributed by atoms with Gasteiger partial charge in [-0.25, -0.2) is 4.98 Å². The number of aromatic nitrogens is 4. The van der Waals surface area contributed by atoms with Crippen LogP contribution < -0.4 is 10.1 Å². The quantitative estimate of drug-likeness (QED) is 0.528. The Morgan fingerprint density at radius 3 is 2.75 bits per heavy atom. The van der Waals surface area contributed by atoms with Gasteiger partial charge in [0.2, 0.25) is 5.91 Å². The van der Waals surface area contributed by atoms with E-state index in [0.29, 0.717) is 39.1 Å². The first-order chi connectivity index (χ1) is 13.6. The average molecular weight is 438 g/mol. The van der Waals surface area contributed by atoms with Crippen LogP contribution in [-0.2, 0) is 17.9 Å². The predicted octanol–water partition coefficient (Wildman–Crippen LogP) is 4.31. The molecule has 10 heteroatoms. The van der Waals surface area contributed by atoms with Gasteiger partial charge >= 0.3 is 0 Å². The highest BCUT2D eigenvalue weighted by Crippen LogP contribution is 2.24. The second kappa shape index (κ2) is 9.77. The van der Waals surface area contributed by atoms with Crippen molar-refractivity contribution in [3.8, 4) is 5.75 Å². The van der Waals surface area contributed by atoms with Crippen LogP contribution in [0, 0.1) is 0 Å². The summed E-state index contributed by atoms with van der Waals surface area (Å²) in [5.41, 5.74) is 0. The maximum Gasteiger partial charge on any atom is 0.236 e. The monoisotopic (exact) mass is 437 g/mol. The van der Waals surface area contributed by atoms with Crippen molar-refractivity contribution < 1.29 is 9.53 Å². The van der Waals surface area contributed by atoms with Gasteiger partial charge in [0, 0.05) is 12.7 Å². The van der Waals surface area contributed by atoms with E-state index < -0.39 is 0 Å². The van der Waals surface area contributed by atoms with Gasteiger partial charge < -0.3 is 14.6 Å². The first-order valence-electron chi connectivity index (χ1n) is 8.40. The molecular weight excluding hydrogens is 421 g/mol. The summed E-state index contributed by atoms with van der Waals surface area (Å²) < 4.78 is 7.63. The molecule has 3 aromatic rings. The number of nitrogens with one attached hydrogen (secondary N) is 1. The Kier molecular flexibility index (Phi) is 7.13. The van der Waals surface area contributed by atoms with Gasteiger partial charge in [0.1, 0.15) is 18.2 Å². The van der Waals surface area contributed by atoms with E-state index in [1.165, 1.54) is 18.0 Å². The smallest absolute Gasteiger partial charge is 0.236 e. The van der Waals surface area contributed by atoms with Gasteiger partial charge in [-0.15, -0.1) is 10.2 Å². The van der Waals surface area contributed by atoms with E-state index in [9.17, 15) is 4.79 Å². The van der Waals surface area contributed by atoms with Gasteiger partial charge in [0.15, 0.2) is 11.0 Å². The van der Waals surface area contributed by atoms with Crippen molar-refractivity contribution in [1.29, 1.82) is 0 Å². The number of anilines is 1. The molecule has 7 nitrogen and oxygen atoms in total. The summed E-state index contributed by atoms with van der Waals surface area (Å²) in [4.78, 5) is 16.2. The lowest BCUT2D eigenvalue weighted by molar-refractivity contribution is -0.113. The number of benzene rings is 1. The zero-order valence-electron chi connectivity index (χ0n) is 14.9. The highest BCUT2D eigenvalue weighted by molar-refractivity contribution is 7.99. The number of thioether (sulfide) groups is 1. The van der Waals surface area contributed by atoms with Crippen molar-refractivity contribution in [3.05, 3.63) is 58.5 Å². The molecular formula is C18H17Cl2N5O2S. The van der Waals surface area contributed by atoms with Gasteiger partial charge in [-0.3, -0.25) is 4.79 Å². The number of hydrogen-bond acceptors (Lipinski definition) is 6. The zero-order valence-corrected chi connectivity index (χ0v) is 17.3. The van der Waals surface area contributed by atoms with Crippen LogP contribution >= 0.6 is 35.0 Å². The fraction of sp³-hybridized carbons (Fsp3) is 0.222. The second-order valence-electron chi connectivity index (χ2n) is 5.56. The van der Waals surface area contributed by atoms with Gasteiger partial charge in [0.05, 0.1) is 15.8 Å². The Morgan fingerprint density at radius 1 is 1.21 bits per heavy atom. The van der Waals surface area contributed by atoms with Crippen LogP contribution in [0.3, 0.4) is 0 Å². The molecule has 1 N–H and O–H groups in total. The van der Waals surface area contributed by atoms with E-state index in [1.54, 1.807) is 24.3 Å². The Labute approximate surface area is 176 Å². The van der Waals surface area contributed by atoms with E-state index in [1.807, 2.05) is 23.6 Å².